The van der Waals surface area contributed by atoms with E-state index in [1.165, 1.54) is 45.6 Å². The number of methoxy groups -OCH3 is 3. The van der Waals surface area contributed by atoms with Gasteiger partial charge in [0.1, 0.15) is 11.8 Å². The minimum Gasteiger partial charge on any atom is -0.493 e. The topological polar surface area (TPSA) is 151 Å². The van der Waals surface area contributed by atoms with Crippen LogP contribution in [0.25, 0.3) is 0 Å². The maximum atomic E-state index is 13.6. The van der Waals surface area contributed by atoms with E-state index >= 15 is 0 Å². The van der Waals surface area contributed by atoms with Crippen molar-refractivity contribution >= 4 is 35.1 Å². The van der Waals surface area contributed by atoms with Gasteiger partial charge in [0, 0.05) is 5.56 Å². The van der Waals surface area contributed by atoms with Crippen LogP contribution >= 0.6 is 0 Å². The number of anilines is 2. The molecule has 0 aromatic heterocycles. The number of esters is 1. The summed E-state index contributed by atoms with van der Waals surface area (Å²) in [7, 11) is 4.33. The van der Waals surface area contributed by atoms with E-state index in [1.807, 2.05) is 39.0 Å². The first-order valence-corrected chi connectivity index (χ1v) is 14.4. The monoisotopic (exact) mass is 619 g/mol. The molecule has 1 aliphatic rings. The summed E-state index contributed by atoms with van der Waals surface area (Å²) in [5, 5.41) is 8.12. The van der Waals surface area contributed by atoms with Crippen molar-refractivity contribution in [1.29, 1.82) is 0 Å². The Morgan fingerprint density at radius 3 is 2.13 bits per heavy atom. The summed E-state index contributed by atoms with van der Waals surface area (Å²) in [6.45, 7) is 6.02. The normalized spacial score (nSPS) is 13.9. The van der Waals surface area contributed by atoms with Gasteiger partial charge in [0.05, 0.1) is 51.3 Å². The van der Waals surface area contributed by atoms with E-state index in [2.05, 4.69) is 16.0 Å². The van der Waals surface area contributed by atoms with Crippen molar-refractivity contribution in [1.82, 2.24) is 5.32 Å². The van der Waals surface area contributed by atoms with Gasteiger partial charge in [0.25, 0.3) is 11.8 Å². The molecule has 45 heavy (non-hydrogen) atoms. The highest BCUT2D eigenvalue weighted by molar-refractivity contribution is 6.13. The van der Waals surface area contributed by atoms with E-state index in [0.29, 0.717) is 17.9 Å². The van der Waals surface area contributed by atoms with Gasteiger partial charge in [0.2, 0.25) is 11.7 Å². The molecule has 1 atom stereocenters. The third-order valence-electron chi connectivity index (χ3n) is 6.97. The highest BCUT2D eigenvalue weighted by Crippen LogP contribution is 2.40. The Labute approximate surface area is 261 Å². The van der Waals surface area contributed by atoms with Crippen LogP contribution in [-0.2, 0) is 14.3 Å². The van der Waals surface area contributed by atoms with Crippen LogP contribution in [0.15, 0.2) is 42.5 Å². The van der Waals surface area contributed by atoms with E-state index < -0.39 is 29.7 Å². The molecule has 3 aromatic carbocycles. The molecular weight excluding hydrogens is 582 g/mol. The number of hydrogen-bond donors (Lipinski definition) is 3. The lowest BCUT2D eigenvalue weighted by Crippen LogP contribution is -2.42. The number of amides is 3. The number of fused-ring (bicyclic) bond motifs is 1. The molecular formula is C33H37N3O9. The van der Waals surface area contributed by atoms with Gasteiger partial charge in [0.15, 0.2) is 17.2 Å². The van der Waals surface area contributed by atoms with Gasteiger partial charge in [-0.25, -0.2) is 0 Å². The zero-order valence-electron chi connectivity index (χ0n) is 26.1. The molecule has 12 heteroatoms. The Morgan fingerprint density at radius 1 is 0.867 bits per heavy atom. The second-order valence-electron chi connectivity index (χ2n) is 10.5. The summed E-state index contributed by atoms with van der Waals surface area (Å²) in [4.78, 5) is 52.3. The molecule has 12 nitrogen and oxygen atoms in total. The molecule has 0 saturated heterocycles. The molecule has 3 amide bonds. The molecule has 0 unspecified atom stereocenters. The van der Waals surface area contributed by atoms with Gasteiger partial charge >= 0.3 is 5.97 Å². The van der Waals surface area contributed by atoms with Crippen LogP contribution < -0.4 is 34.9 Å². The lowest BCUT2D eigenvalue weighted by atomic mass is 10.1. The summed E-state index contributed by atoms with van der Waals surface area (Å²) < 4.78 is 27.5. The predicted molar refractivity (Wildman–Crippen MR) is 167 cm³/mol. The molecule has 4 rings (SSSR count). The molecule has 3 N–H and O–H groups in total. The highest BCUT2D eigenvalue weighted by atomic mass is 16.5. The molecule has 0 saturated carbocycles. The number of carbonyl (C=O) groups excluding carboxylic acids is 4. The fourth-order valence-electron chi connectivity index (χ4n) is 4.80. The maximum absolute atomic E-state index is 13.6. The summed E-state index contributed by atoms with van der Waals surface area (Å²) in [5.74, 6) is -0.899. The van der Waals surface area contributed by atoms with Crippen LogP contribution in [0.4, 0.5) is 11.4 Å². The molecule has 1 aliphatic heterocycles. The van der Waals surface area contributed by atoms with Gasteiger partial charge in [-0.15, -0.1) is 0 Å². The van der Waals surface area contributed by atoms with Crippen molar-refractivity contribution in [3.8, 4) is 28.7 Å². The molecule has 0 radical (unpaired) electrons. The van der Waals surface area contributed by atoms with Crippen molar-refractivity contribution in [3.05, 3.63) is 64.7 Å². The van der Waals surface area contributed by atoms with Crippen LogP contribution in [0, 0.1) is 13.8 Å². The summed E-state index contributed by atoms with van der Waals surface area (Å²) in [5.41, 5.74) is 2.43. The largest absolute Gasteiger partial charge is 0.493 e. The first-order chi connectivity index (χ1) is 21.6. The van der Waals surface area contributed by atoms with Gasteiger partial charge in [-0.3, -0.25) is 19.2 Å². The standard InChI is InChI=1S/C33H37N3O9/c1-7-8-9-44-29(37)17-25-33(40)34-23-16-24(35-31(38)20-13-27(41-4)30(43-6)28(14-20)42-5)26(15-22(23)32(39)36-25)45-21-11-18(2)10-19(3)12-21/h10-16,25H,7-9,17H2,1-6H3,(H,34,40)(H,35,38)(H,36,39)/t25-/m0/s1. The van der Waals surface area contributed by atoms with Crippen molar-refractivity contribution in [2.24, 2.45) is 0 Å². The number of carbonyl (C=O) groups is 4. The van der Waals surface area contributed by atoms with Crippen molar-refractivity contribution in [2.45, 2.75) is 46.1 Å². The molecule has 0 fully saturated rings. The Bertz CT molecular complexity index is 1570. The van der Waals surface area contributed by atoms with Gasteiger partial charge < -0.3 is 39.6 Å². The third-order valence-corrected chi connectivity index (χ3v) is 6.97. The van der Waals surface area contributed by atoms with E-state index in [-0.39, 0.29) is 52.8 Å². The quantitative estimate of drug-likeness (QED) is 0.185. The SMILES string of the molecule is CCCCOC(=O)C[C@@H]1NC(=O)c2cc(Oc3cc(C)cc(C)c3)c(NC(=O)c3cc(OC)c(OC)c(OC)c3)cc2NC1=O. The van der Waals surface area contributed by atoms with Crippen LogP contribution in [-0.4, -0.2) is 57.7 Å². The fourth-order valence-corrected chi connectivity index (χ4v) is 4.80. The zero-order valence-corrected chi connectivity index (χ0v) is 26.1. The van der Waals surface area contributed by atoms with E-state index in [9.17, 15) is 19.2 Å². The van der Waals surface area contributed by atoms with Gasteiger partial charge in [-0.2, -0.15) is 0 Å². The number of unbranched alkanes of at least 4 members (excludes halogenated alkanes) is 1. The second-order valence-corrected chi connectivity index (χ2v) is 10.5. The van der Waals surface area contributed by atoms with Gasteiger partial charge in [-0.05, 0) is 67.8 Å². The van der Waals surface area contributed by atoms with E-state index in [4.69, 9.17) is 23.7 Å². The Hall–Kier alpha value is -5.26. The minimum absolute atomic E-state index is 0.0790. The molecule has 0 bridgehead atoms. The molecule has 0 aliphatic carbocycles. The van der Waals surface area contributed by atoms with Gasteiger partial charge in [-0.1, -0.05) is 19.4 Å². The predicted octanol–water partition coefficient (Wildman–Crippen LogP) is 5.16. The number of nitrogens with one attached hydrogen (secondary N) is 3. The average molecular weight is 620 g/mol. The second kappa shape index (κ2) is 14.5. The molecule has 1 heterocycles. The molecule has 3 aromatic rings. The first kappa shape index (κ1) is 32.6. The number of rotatable bonds is 12. The van der Waals surface area contributed by atoms with E-state index in [0.717, 1.165) is 17.5 Å². The van der Waals surface area contributed by atoms with Crippen LogP contribution in [0.5, 0.6) is 28.7 Å². The fraction of sp³-hybridized carbons (Fsp3) is 0.333. The smallest absolute Gasteiger partial charge is 0.308 e. The van der Waals surface area contributed by atoms with Crippen LogP contribution in [0.2, 0.25) is 0 Å². The van der Waals surface area contributed by atoms with Crippen molar-refractivity contribution in [3.63, 3.8) is 0 Å². The number of benzene rings is 3. The maximum Gasteiger partial charge on any atom is 0.308 e. The van der Waals surface area contributed by atoms with Crippen LogP contribution in [0.1, 0.15) is 58.0 Å². The van der Waals surface area contributed by atoms with Crippen LogP contribution in [0.3, 0.4) is 0 Å². The molecule has 238 valence electrons. The summed E-state index contributed by atoms with van der Waals surface area (Å²) in [6.07, 6.45) is 1.19. The summed E-state index contributed by atoms with van der Waals surface area (Å²) >= 11 is 0. The highest BCUT2D eigenvalue weighted by Gasteiger charge is 2.32. The number of aryl methyl sites for hydroxylation is 2. The number of ether oxygens (including phenoxy) is 5. The Kier molecular flexibility index (Phi) is 10.5. The molecule has 0 spiro atoms. The summed E-state index contributed by atoms with van der Waals surface area (Å²) in [6, 6.07) is 10.3. The Morgan fingerprint density at radius 2 is 1.53 bits per heavy atom. The van der Waals surface area contributed by atoms with Crippen molar-refractivity contribution < 1.29 is 42.9 Å². The average Bonchev–Trinajstić information content (AvgIpc) is 3.10. The number of hydrogen-bond acceptors (Lipinski definition) is 9. The zero-order chi connectivity index (χ0) is 32.7. The minimum atomic E-state index is -1.17. The lowest BCUT2D eigenvalue weighted by Gasteiger charge is -2.17. The lowest BCUT2D eigenvalue weighted by molar-refractivity contribution is -0.145. The third kappa shape index (κ3) is 7.83. The first-order valence-electron chi connectivity index (χ1n) is 14.4. The van der Waals surface area contributed by atoms with Crippen molar-refractivity contribution in [2.75, 3.05) is 38.6 Å². The van der Waals surface area contributed by atoms with E-state index in [1.54, 1.807) is 0 Å². The Balaban J connectivity index is 1.72.